The van der Waals surface area contributed by atoms with E-state index in [1.54, 1.807) is 6.20 Å². The van der Waals surface area contributed by atoms with Gasteiger partial charge in [-0.25, -0.2) is 4.98 Å². The summed E-state index contributed by atoms with van der Waals surface area (Å²) in [6.45, 7) is 6.37. The highest BCUT2D eigenvalue weighted by atomic mass is 16.5. The second kappa shape index (κ2) is 4.06. The van der Waals surface area contributed by atoms with Gasteiger partial charge in [0, 0.05) is 12.6 Å². The van der Waals surface area contributed by atoms with E-state index in [1.165, 1.54) is 5.56 Å². The summed E-state index contributed by atoms with van der Waals surface area (Å²) in [5, 5.41) is 0. The molecule has 1 aromatic rings. The molecule has 0 saturated carbocycles. The highest BCUT2D eigenvalue weighted by Crippen LogP contribution is 2.32. The predicted molar refractivity (Wildman–Crippen MR) is 65.3 cm³/mol. The Morgan fingerprint density at radius 1 is 1.56 bits per heavy atom. The zero-order valence-corrected chi connectivity index (χ0v) is 10.3. The molecule has 0 bridgehead atoms. The standard InChI is InChI=1S/C13H20N2O/c1-9-5-7-15-12(14)11(9)8-10-4-6-13(2,3)16-10/h5,7,10H,4,6,8H2,1-3H3,(H2,14,15). The maximum absolute atomic E-state index is 5.98. The van der Waals surface area contributed by atoms with Gasteiger partial charge in [-0.3, -0.25) is 0 Å². The lowest BCUT2D eigenvalue weighted by molar-refractivity contribution is -0.0145. The number of nitrogens with zero attached hydrogens (tertiary/aromatic N) is 1. The van der Waals surface area contributed by atoms with E-state index in [4.69, 9.17) is 10.5 Å². The first kappa shape index (κ1) is 11.4. The largest absolute Gasteiger partial charge is 0.383 e. The van der Waals surface area contributed by atoms with E-state index >= 15 is 0 Å². The first-order chi connectivity index (χ1) is 7.48. The zero-order valence-electron chi connectivity index (χ0n) is 10.3. The number of hydrogen-bond acceptors (Lipinski definition) is 3. The molecule has 1 saturated heterocycles. The Labute approximate surface area is 97.0 Å². The number of nitrogens with two attached hydrogens (primary N) is 1. The number of hydrogen-bond donors (Lipinski definition) is 1. The van der Waals surface area contributed by atoms with Gasteiger partial charge in [0.15, 0.2) is 0 Å². The number of nitrogen functional groups attached to an aromatic ring is 1. The molecular weight excluding hydrogens is 200 g/mol. The van der Waals surface area contributed by atoms with Crippen LogP contribution in [0.1, 0.15) is 37.8 Å². The minimum atomic E-state index is 0.0234. The van der Waals surface area contributed by atoms with Crippen LogP contribution in [0, 0.1) is 6.92 Å². The van der Waals surface area contributed by atoms with Gasteiger partial charge in [-0.05, 0) is 50.8 Å². The van der Waals surface area contributed by atoms with Crippen LogP contribution in [0.2, 0.25) is 0 Å². The Morgan fingerprint density at radius 3 is 2.88 bits per heavy atom. The molecule has 3 heteroatoms. The van der Waals surface area contributed by atoms with Crippen molar-refractivity contribution in [1.82, 2.24) is 4.98 Å². The highest BCUT2D eigenvalue weighted by Gasteiger charge is 2.32. The third kappa shape index (κ3) is 2.35. The van der Waals surface area contributed by atoms with Crippen LogP contribution >= 0.6 is 0 Å². The Bertz CT molecular complexity index is 367. The molecule has 1 aliphatic heterocycles. The summed E-state index contributed by atoms with van der Waals surface area (Å²) >= 11 is 0. The Morgan fingerprint density at radius 2 is 2.31 bits per heavy atom. The van der Waals surface area contributed by atoms with Crippen molar-refractivity contribution in [2.45, 2.75) is 51.7 Å². The van der Waals surface area contributed by atoms with Crippen molar-refractivity contribution in [2.24, 2.45) is 0 Å². The molecule has 1 atom stereocenters. The first-order valence-electron chi connectivity index (χ1n) is 5.86. The molecule has 2 heterocycles. The van der Waals surface area contributed by atoms with Crippen LogP contribution in [0.3, 0.4) is 0 Å². The topological polar surface area (TPSA) is 48.1 Å². The zero-order chi connectivity index (χ0) is 11.8. The molecule has 1 fully saturated rings. The molecule has 1 unspecified atom stereocenters. The fourth-order valence-corrected chi connectivity index (χ4v) is 2.32. The lowest BCUT2D eigenvalue weighted by atomic mass is 10.0. The number of rotatable bonds is 2. The Balaban J connectivity index is 2.11. The fourth-order valence-electron chi connectivity index (χ4n) is 2.32. The van der Waals surface area contributed by atoms with Crippen molar-refractivity contribution in [1.29, 1.82) is 0 Å². The molecular formula is C13H20N2O. The van der Waals surface area contributed by atoms with Gasteiger partial charge in [0.1, 0.15) is 5.82 Å². The summed E-state index contributed by atoms with van der Waals surface area (Å²) in [7, 11) is 0. The molecule has 0 spiro atoms. The summed E-state index contributed by atoms with van der Waals surface area (Å²) < 4.78 is 5.98. The van der Waals surface area contributed by atoms with Gasteiger partial charge in [-0.2, -0.15) is 0 Å². The minimum Gasteiger partial charge on any atom is -0.383 e. The predicted octanol–water partition coefficient (Wildman–Crippen LogP) is 2.47. The maximum Gasteiger partial charge on any atom is 0.126 e. The van der Waals surface area contributed by atoms with Crippen molar-refractivity contribution < 1.29 is 4.74 Å². The quantitative estimate of drug-likeness (QED) is 0.833. The van der Waals surface area contributed by atoms with Gasteiger partial charge in [-0.1, -0.05) is 0 Å². The number of anilines is 1. The van der Waals surface area contributed by atoms with Crippen LogP contribution < -0.4 is 5.73 Å². The smallest absolute Gasteiger partial charge is 0.126 e. The molecule has 2 rings (SSSR count). The molecule has 0 amide bonds. The summed E-state index contributed by atoms with van der Waals surface area (Å²) in [4.78, 5) is 4.14. The SMILES string of the molecule is Cc1ccnc(N)c1CC1CCC(C)(C)O1. The van der Waals surface area contributed by atoms with Crippen LogP contribution in [0.15, 0.2) is 12.3 Å². The highest BCUT2D eigenvalue weighted by molar-refractivity contribution is 5.44. The van der Waals surface area contributed by atoms with Crippen LogP contribution in [-0.4, -0.2) is 16.7 Å². The molecule has 2 N–H and O–H groups in total. The third-order valence-electron chi connectivity index (χ3n) is 3.31. The van der Waals surface area contributed by atoms with Gasteiger partial charge in [0.05, 0.1) is 11.7 Å². The minimum absolute atomic E-state index is 0.0234. The van der Waals surface area contributed by atoms with Crippen molar-refractivity contribution in [3.05, 3.63) is 23.4 Å². The van der Waals surface area contributed by atoms with E-state index in [9.17, 15) is 0 Å². The van der Waals surface area contributed by atoms with E-state index in [-0.39, 0.29) is 5.60 Å². The van der Waals surface area contributed by atoms with Crippen molar-refractivity contribution >= 4 is 5.82 Å². The monoisotopic (exact) mass is 220 g/mol. The second-order valence-corrected chi connectivity index (χ2v) is 5.23. The van der Waals surface area contributed by atoms with E-state index in [1.807, 2.05) is 6.07 Å². The van der Waals surface area contributed by atoms with Crippen LogP contribution in [-0.2, 0) is 11.2 Å². The van der Waals surface area contributed by atoms with Gasteiger partial charge in [0.2, 0.25) is 0 Å². The van der Waals surface area contributed by atoms with E-state index < -0.39 is 0 Å². The van der Waals surface area contributed by atoms with Gasteiger partial charge < -0.3 is 10.5 Å². The summed E-state index contributed by atoms with van der Waals surface area (Å²) in [5.41, 5.74) is 8.28. The van der Waals surface area contributed by atoms with E-state index in [0.29, 0.717) is 11.9 Å². The molecule has 0 aliphatic carbocycles. The first-order valence-corrected chi connectivity index (χ1v) is 5.86. The van der Waals surface area contributed by atoms with E-state index in [2.05, 4.69) is 25.8 Å². The van der Waals surface area contributed by atoms with Crippen molar-refractivity contribution in [2.75, 3.05) is 5.73 Å². The Hall–Kier alpha value is -1.09. The van der Waals surface area contributed by atoms with Gasteiger partial charge in [-0.15, -0.1) is 0 Å². The second-order valence-electron chi connectivity index (χ2n) is 5.23. The molecule has 3 nitrogen and oxygen atoms in total. The number of aryl methyl sites for hydroxylation is 1. The van der Waals surface area contributed by atoms with Crippen LogP contribution in [0.25, 0.3) is 0 Å². The van der Waals surface area contributed by atoms with Crippen molar-refractivity contribution in [3.8, 4) is 0 Å². The number of ether oxygens (including phenoxy) is 1. The number of aromatic nitrogens is 1. The normalized spacial score (nSPS) is 23.6. The van der Waals surface area contributed by atoms with Crippen LogP contribution in [0.4, 0.5) is 5.82 Å². The van der Waals surface area contributed by atoms with Gasteiger partial charge >= 0.3 is 0 Å². The average Bonchev–Trinajstić information content (AvgIpc) is 2.52. The van der Waals surface area contributed by atoms with Gasteiger partial charge in [0.25, 0.3) is 0 Å². The molecule has 1 aliphatic rings. The molecule has 1 aromatic heterocycles. The van der Waals surface area contributed by atoms with Crippen molar-refractivity contribution in [3.63, 3.8) is 0 Å². The number of pyridine rings is 1. The van der Waals surface area contributed by atoms with E-state index in [0.717, 1.165) is 24.8 Å². The molecule has 0 aromatic carbocycles. The molecule has 16 heavy (non-hydrogen) atoms. The lowest BCUT2D eigenvalue weighted by Crippen LogP contribution is -2.21. The average molecular weight is 220 g/mol. The Kier molecular flexibility index (Phi) is 2.89. The molecule has 88 valence electrons. The summed E-state index contributed by atoms with van der Waals surface area (Å²) in [6.07, 6.45) is 5.17. The lowest BCUT2D eigenvalue weighted by Gasteiger charge is -2.20. The molecule has 0 radical (unpaired) electrons. The van der Waals surface area contributed by atoms with Crippen LogP contribution in [0.5, 0.6) is 0 Å². The fraction of sp³-hybridized carbons (Fsp3) is 0.615. The maximum atomic E-state index is 5.98. The summed E-state index contributed by atoms with van der Waals surface area (Å²) in [6, 6.07) is 2.01. The summed E-state index contributed by atoms with van der Waals surface area (Å²) in [5.74, 6) is 0.647. The third-order valence-corrected chi connectivity index (χ3v) is 3.31.